The van der Waals surface area contributed by atoms with Crippen molar-refractivity contribution in [3.05, 3.63) is 63.6 Å². The highest BCUT2D eigenvalue weighted by molar-refractivity contribution is 9.10. The maximum absolute atomic E-state index is 13.5. The predicted molar refractivity (Wildman–Crippen MR) is 75.1 cm³/mol. The summed E-state index contributed by atoms with van der Waals surface area (Å²) in [5, 5.41) is 0. The number of carbonyl (C=O) groups is 1. The van der Waals surface area contributed by atoms with Crippen LogP contribution in [0.1, 0.15) is 15.9 Å². The van der Waals surface area contributed by atoms with Gasteiger partial charge in [0.2, 0.25) is 0 Å². The third-order valence-electron chi connectivity index (χ3n) is 2.87. The smallest absolute Gasteiger partial charge is 0.167 e. The molecule has 0 saturated carbocycles. The highest BCUT2D eigenvalue weighted by atomic mass is 79.9. The van der Waals surface area contributed by atoms with Crippen molar-refractivity contribution in [3.8, 4) is 5.75 Å². The fourth-order valence-corrected chi connectivity index (χ4v) is 2.34. The van der Waals surface area contributed by atoms with Gasteiger partial charge in [0, 0.05) is 17.5 Å². The first kappa shape index (κ1) is 14.7. The van der Waals surface area contributed by atoms with Crippen LogP contribution in [-0.2, 0) is 6.42 Å². The molecule has 20 heavy (non-hydrogen) atoms. The van der Waals surface area contributed by atoms with Gasteiger partial charge in [-0.3, -0.25) is 4.79 Å². The van der Waals surface area contributed by atoms with Crippen LogP contribution in [0.4, 0.5) is 8.78 Å². The molecule has 0 atom stereocenters. The molecule has 0 aliphatic carbocycles. The van der Waals surface area contributed by atoms with Crippen LogP contribution in [0.15, 0.2) is 40.9 Å². The van der Waals surface area contributed by atoms with E-state index < -0.39 is 11.6 Å². The molecule has 0 bridgehead atoms. The number of Topliss-reactive ketones (excluding diaryl/α,β-unsaturated/α-hetero) is 1. The van der Waals surface area contributed by atoms with E-state index >= 15 is 0 Å². The van der Waals surface area contributed by atoms with Gasteiger partial charge in [-0.05, 0) is 46.3 Å². The van der Waals surface area contributed by atoms with Gasteiger partial charge < -0.3 is 4.74 Å². The van der Waals surface area contributed by atoms with Crippen LogP contribution in [0.2, 0.25) is 0 Å². The van der Waals surface area contributed by atoms with Gasteiger partial charge in [0.25, 0.3) is 0 Å². The van der Waals surface area contributed by atoms with Gasteiger partial charge in [-0.15, -0.1) is 0 Å². The van der Waals surface area contributed by atoms with Crippen molar-refractivity contribution in [2.75, 3.05) is 7.11 Å². The normalized spacial score (nSPS) is 10.4. The van der Waals surface area contributed by atoms with Gasteiger partial charge in [0.05, 0.1) is 11.6 Å². The van der Waals surface area contributed by atoms with Crippen LogP contribution < -0.4 is 4.74 Å². The number of rotatable bonds is 4. The maximum atomic E-state index is 13.5. The molecule has 0 N–H and O–H groups in total. The van der Waals surface area contributed by atoms with E-state index in [0.29, 0.717) is 15.8 Å². The summed E-state index contributed by atoms with van der Waals surface area (Å²) in [6.07, 6.45) is -0.322. The van der Waals surface area contributed by atoms with E-state index in [2.05, 4.69) is 15.9 Å². The van der Waals surface area contributed by atoms with Crippen LogP contribution in [0.3, 0.4) is 0 Å². The summed E-state index contributed by atoms with van der Waals surface area (Å²) < 4.78 is 32.7. The lowest BCUT2D eigenvalue weighted by atomic mass is 10.0. The average molecular weight is 341 g/mol. The molecule has 0 aromatic heterocycles. The summed E-state index contributed by atoms with van der Waals surface area (Å²) in [5.74, 6) is -1.21. The summed E-state index contributed by atoms with van der Waals surface area (Å²) in [4.78, 5) is 12.1. The third-order valence-corrected chi connectivity index (χ3v) is 3.49. The van der Waals surface area contributed by atoms with Crippen molar-refractivity contribution >= 4 is 21.7 Å². The molecule has 0 radical (unpaired) electrons. The Morgan fingerprint density at radius 2 is 1.85 bits per heavy atom. The summed E-state index contributed by atoms with van der Waals surface area (Å²) >= 11 is 3.26. The van der Waals surface area contributed by atoms with Crippen molar-refractivity contribution in [1.82, 2.24) is 0 Å². The van der Waals surface area contributed by atoms with Crippen molar-refractivity contribution in [2.45, 2.75) is 6.42 Å². The van der Waals surface area contributed by atoms with E-state index in [1.807, 2.05) is 0 Å². The molecule has 2 aromatic carbocycles. The average Bonchev–Trinajstić information content (AvgIpc) is 2.42. The van der Waals surface area contributed by atoms with Crippen LogP contribution >= 0.6 is 15.9 Å². The van der Waals surface area contributed by atoms with Gasteiger partial charge in [0.1, 0.15) is 17.4 Å². The molecule has 0 spiro atoms. The van der Waals surface area contributed by atoms with Gasteiger partial charge in [-0.2, -0.15) is 0 Å². The number of hydrogen-bond donors (Lipinski definition) is 0. The van der Waals surface area contributed by atoms with Crippen molar-refractivity contribution in [3.63, 3.8) is 0 Å². The minimum atomic E-state index is -0.717. The van der Waals surface area contributed by atoms with E-state index in [1.54, 1.807) is 18.2 Å². The zero-order valence-electron chi connectivity index (χ0n) is 10.6. The summed E-state index contributed by atoms with van der Waals surface area (Å²) in [7, 11) is 1.51. The minimum Gasteiger partial charge on any atom is -0.496 e. The van der Waals surface area contributed by atoms with Crippen LogP contribution in [-0.4, -0.2) is 12.9 Å². The maximum Gasteiger partial charge on any atom is 0.167 e. The van der Waals surface area contributed by atoms with E-state index in [1.165, 1.54) is 13.2 Å². The molecular formula is C15H11BrF2O2. The number of carbonyl (C=O) groups excluding carboxylic acids is 1. The van der Waals surface area contributed by atoms with Crippen molar-refractivity contribution in [1.29, 1.82) is 0 Å². The molecule has 0 saturated heterocycles. The quantitative estimate of drug-likeness (QED) is 0.781. The van der Waals surface area contributed by atoms with Gasteiger partial charge in [0.15, 0.2) is 5.78 Å². The van der Waals surface area contributed by atoms with E-state index in [9.17, 15) is 13.6 Å². The lowest BCUT2D eigenvalue weighted by Gasteiger charge is -2.07. The topological polar surface area (TPSA) is 26.3 Å². The molecule has 0 aliphatic heterocycles. The monoisotopic (exact) mass is 340 g/mol. The molecular weight excluding hydrogens is 330 g/mol. The number of hydrogen-bond acceptors (Lipinski definition) is 2. The first-order chi connectivity index (χ1) is 9.52. The first-order valence-corrected chi connectivity index (χ1v) is 6.62. The lowest BCUT2D eigenvalue weighted by Crippen LogP contribution is -2.07. The SMILES string of the molecule is COc1ccc(C(=O)Cc2c(F)cccc2F)cc1Br. The van der Waals surface area contributed by atoms with E-state index in [0.717, 1.165) is 12.1 Å². The van der Waals surface area contributed by atoms with Crippen LogP contribution in [0.25, 0.3) is 0 Å². The Morgan fingerprint density at radius 3 is 2.40 bits per heavy atom. The highest BCUT2D eigenvalue weighted by Gasteiger charge is 2.15. The fraction of sp³-hybridized carbons (Fsp3) is 0.133. The molecule has 2 nitrogen and oxygen atoms in total. The largest absolute Gasteiger partial charge is 0.496 e. The second kappa shape index (κ2) is 6.13. The molecule has 0 heterocycles. The number of methoxy groups -OCH3 is 1. The van der Waals surface area contributed by atoms with Gasteiger partial charge in [-0.25, -0.2) is 8.78 Å². The molecule has 0 aliphatic rings. The third kappa shape index (κ3) is 3.04. The molecule has 0 fully saturated rings. The summed E-state index contributed by atoms with van der Waals surface area (Å²) in [5.41, 5.74) is 0.143. The Balaban J connectivity index is 2.26. The Morgan fingerprint density at radius 1 is 1.20 bits per heavy atom. The molecule has 104 valence electrons. The number of benzene rings is 2. The Kier molecular flexibility index (Phi) is 4.49. The fourth-order valence-electron chi connectivity index (χ4n) is 1.80. The predicted octanol–water partition coefficient (Wildman–Crippen LogP) is 4.16. The standard InChI is InChI=1S/C15H11BrF2O2/c1-20-15-6-5-9(7-11(15)16)14(19)8-10-12(17)3-2-4-13(10)18/h2-7H,8H2,1H3. The molecule has 0 unspecified atom stereocenters. The second-order valence-corrected chi connectivity index (χ2v) is 5.00. The number of halogens is 3. The zero-order valence-corrected chi connectivity index (χ0v) is 12.2. The van der Waals surface area contributed by atoms with E-state index in [-0.39, 0.29) is 17.8 Å². The number of ether oxygens (including phenoxy) is 1. The number of ketones is 1. The molecule has 2 aromatic rings. The zero-order chi connectivity index (χ0) is 14.7. The molecule has 0 amide bonds. The van der Waals surface area contributed by atoms with Gasteiger partial charge >= 0.3 is 0 Å². The Hall–Kier alpha value is -1.75. The van der Waals surface area contributed by atoms with Crippen LogP contribution in [0.5, 0.6) is 5.75 Å². The first-order valence-electron chi connectivity index (χ1n) is 5.82. The van der Waals surface area contributed by atoms with Crippen LogP contribution in [0, 0.1) is 11.6 Å². The van der Waals surface area contributed by atoms with Gasteiger partial charge in [-0.1, -0.05) is 6.07 Å². The second-order valence-electron chi connectivity index (χ2n) is 4.15. The lowest BCUT2D eigenvalue weighted by molar-refractivity contribution is 0.0990. The van der Waals surface area contributed by atoms with E-state index in [4.69, 9.17) is 4.74 Å². The summed E-state index contributed by atoms with van der Waals surface area (Å²) in [6.45, 7) is 0. The summed E-state index contributed by atoms with van der Waals surface area (Å²) in [6, 6.07) is 8.29. The minimum absolute atomic E-state index is 0.218. The van der Waals surface area contributed by atoms with Crippen molar-refractivity contribution in [2.24, 2.45) is 0 Å². The van der Waals surface area contributed by atoms with Crippen molar-refractivity contribution < 1.29 is 18.3 Å². The molecule has 5 heteroatoms. The molecule has 2 rings (SSSR count). The highest BCUT2D eigenvalue weighted by Crippen LogP contribution is 2.26. The Labute approximate surface area is 123 Å². The Bertz CT molecular complexity index is 636.